The van der Waals surface area contributed by atoms with Gasteiger partial charge in [0.15, 0.2) is 0 Å². The van der Waals surface area contributed by atoms with E-state index in [1.165, 1.54) is 16.9 Å². The van der Waals surface area contributed by atoms with Gasteiger partial charge in [0.2, 0.25) is 0 Å². The molecule has 0 saturated heterocycles. The highest BCUT2D eigenvalue weighted by molar-refractivity contribution is 7.21. The van der Waals surface area contributed by atoms with E-state index in [1.807, 2.05) is 18.2 Å². The summed E-state index contributed by atoms with van der Waals surface area (Å²) in [4.78, 5) is 21.3. The normalized spacial score (nSPS) is 14.1. The molecule has 0 aliphatic carbocycles. The molecular weight excluding hydrogens is 360 g/mol. The predicted octanol–water partition coefficient (Wildman–Crippen LogP) is 3.52. The van der Waals surface area contributed by atoms with Crippen molar-refractivity contribution in [2.75, 3.05) is 31.2 Å². The number of thiophene rings is 1. The van der Waals surface area contributed by atoms with Crippen LogP contribution in [0.2, 0.25) is 0 Å². The van der Waals surface area contributed by atoms with Crippen molar-refractivity contribution in [1.29, 1.82) is 0 Å². The zero-order valence-electron chi connectivity index (χ0n) is 15.4. The summed E-state index contributed by atoms with van der Waals surface area (Å²) in [5.74, 6) is 0.462. The first-order valence-electron chi connectivity index (χ1n) is 8.97. The van der Waals surface area contributed by atoms with Crippen molar-refractivity contribution in [3.05, 3.63) is 46.5 Å². The minimum atomic E-state index is -0.225. The van der Waals surface area contributed by atoms with Gasteiger partial charge in [0, 0.05) is 42.3 Å². The molecule has 0 unspecified atom stereocenters. The van der Waals surface area contributed by atoms with Gasteiger partial charge in [-0.15, -0.1) is 11.3 Å². The van der Waals surface area contributed by atoms with Gasteiger partial charge >= 0.3 is 0 Å². The number of aromatic nitrogens is 1. The highest BCUT2D eigenvalue weighted by Crippen LogP contribution is 2.35. The monoisotopic (exact) mass is 382 g/mol. The Kier molecular flexibility index (Phi) is 4.72. The summed E-state index contributed by atoms with van der Waals surface area (Å²) in [6, 6.07) is 9.36. The predicted molar refractivity (Wildman–Crippen MR) is 110 cm³/mol. The molecule has 3 heterocycles. The second-order valence-electron chi connectivity index (χ2n) is 6.60. The molecule has 1 amide bonds. The third-order valence-corrected chi connectivity index (χ3v) is 6.04. The molecule has 0 atom stereocenters. The number of likely N-dealkylation sites (N-methyl/N-ethyl adjacent to an activating group) is 1. The lowest BCUT2D eigenvalue weighted by Gasteiger charge is -2.26. The molecule has 0 bridgehead atoms. The topological polar surface area (TPSA) is 80.5 Å². The van der Waals surface area contributed by atoms with E-state index in [2.05, 4.69) is 23.2 Å². The highest BCUT2D eigenvalue weighted by Gasteiger charge is 2.22. The Morgan fingerprint density at radius 3 is 3.04 bits per heavy atom. The number of nitrogens with one attached hydrogen (secondary N) is 1. The lowest BCUT2D eigenvalue weighted by Crippen LogP contribution is -2.30. The van der Waals surface area contributed by atoms with Gasteiger partial charge in [0.05, 0.1) is 12.8 Å². The summed E-state index contributed by atoms with van der Waals surface area (Å²) in [6.07, 6.45) is 0.933. The zero-order chi connectivity index (χ0) is 19.0. The first kappa shape index (κ1) is 17.8. The van der Waals surface area contributed by atoms with Crippen LogP contribution in [0.25, 0.3) is 10.2 Å². The minimum absolute atomic E-state index is 0.225. The lowest BCUT2D eigenvalue weighted by atomic mass is 10.0. The molecule has 140 valence electrons. The van der Waals surface area contributed by atoms with Gasteiger partial charge in [-0.25, -0.2) is 4.98 Å². The molecule has 7 heteroatoms. The molecule has 2 aromatic heterocycles. The molecule has 0 saturated carbocycles. The second kappa shape index (κ2) is 7.17. The molecule has 4 rings (SSSR count). The Morgan fingerprint density at radius 2 is 2.26 bits per heavy atom. The molecule has 0 radical (unpaired) electrons. The summed E-state index contributed by atoms with van der Waals surface area (Å²) in [5.41, 5.74) is 9.82. The molecule has 1 aliphatic rings. The SMILES string of the molecule is CCN1CCc2nc3sc(C(=O)Nc4cccc(OC)c4)c(N)c3cc2C1. The van der Waals surface area contributed by atoms with Gasteiger partial charge in [-0.2, -0.15) is 0 Å². The number of fused-ring (bicyclic) bond motifs is 2. The number of nitrogens with zero attached hydrogens (tertiary/aromatic N) is 2. The van der Waals surface area contributed by atoms with Gasteiger partial charge in [0.1, 0.15) is 15.5 Å². The fourth-order valence-corrected chi connectivity index (χ4v) is 4.37. The maximum Gasteiger partial charge on any atom is 0.267 e. The number of anilines is 2. The van der Waals surface area contributed by atoms with Crippen LogP contribution in [0.3, 0.4) is 0 Å². The Balaban J connectivity index is 1.66. The summed E-state index contributed by atoms with van der Waals surface area (Å²) in [5, 5.41) is 3.76. The van der Waals surface area contributed by atoms with E-state index in [9.17, 15) is 4.79 Å². The standard InChI is InChI=1S/C20H22N4O2S/c1-3-24-8-7-16-12(11-24)9-15-17(21)18(27-20(15)23-16)19(25)22-13-5-4-6-14(10-13)26-2/h4-6,9-10H,3,7-8,11,21H2,1-2H3,(H,22,25). The largest absolute Gasteiger partial charge is 0.497 e. The van der Waals surface area contributed by atoms with E-state index in [1.54, 1.807) is 13.2 Å². The quantitative estimate of drug-likeness (QED) is 0.722. The summed E-state index contributed by atoms with van der Waals surface area (Å²) in [7, 11) is 1.60. The van der Waals surface area contributed by atoms with Crippen LogP contribution in [0.5, 0.6) is 5.75 Å². The van der Waals surface area contributed by atoms with Crippen LogP contribution in [-0.2, 0) is 13.0 Å². The number of amides is 1. The van der Waals surface area contributed by atoms with E-state index in [0.717, 1.165) is 42.0 Å². The van der Waals surface area contributed by atoms with Crippen molar-refractivity contribution in [3.63, 3.8) is 0 Å². The van der Waals surface area contributed by atoms with Crippen molar-refractivity contribution in [2.24, 2.45) is 0 Å². The summed E-state index contributed by atoms with van der Waals surface area (Å²) < 4.78 is 5.20. The maximum absolute atomic E-state index is 12.8. The van der Waals surface area contributed by atoms with Crippen molar-refractivity contribution in [2.45, 2.75) is 19.9 Å². The van der Waals surface area contributed by atoms with Gasteiger partial charge in [-0.1, -0.05) is 13.0 Å². The zero-order valence-corrected chi connectivity index (χ0v) is 16.2. The Hall–Kier alpha value is -2.64. The number of nitrogens with two attached hydrogens (primary N) is 1. The lowest BCUT2D eigenvalue weighted by molar-refractivity contribution is 0.103. The molecular formula is C20H22N4O2S. The number of pyridine rings is 1. The molecule has 0 fully saturated rings. The number of hydrogen-bond acceptors (Lipinski definition) is 6. The van der Waals surface area contributed by atoms with Gasteiger partial charge in [-0.3, -0.25) is 9.69 Å². The molecule has 1 aliphatic heterocycles. The molecule has 6 nitrogen and oxygen atoms in total. The summed E-state index contributed by atoms with van der Waals surface area (Å²) in [6.45, 7) is 5.09. The van der Waals surface area contributed by atoms with Crippen LogP contribution in [0.1, 0.15) is 27.9 Å². The first-order chi connectivity index (χ1) is 13.1. The summed E-state index contributed by atoms with van der Waals surface area (Å²) >= 11 is 1.35. The van der Waals surface area contributed by atoms with Crippen molar-refractivity contribution in [1.82, 2.24) is 9.88 Å². The van der Waals surface area contributed by atoms with Crippen LogP contribution in [0.4, 0.5) is 11.4 Å². The molecule has 27 heavy (non-hydrogen) atoms. The number of carbonyl (C=O) groups excluding carboxylic acids is 1. The fourth-order valence-electron chi connectivity index (χ4n) is 3.38. The first-order valence-corrected chi connectivity index (χ1v) is 9.79. The van der Waals surface area contributed by atoms with Crippen LogP contribution in [-0.4, -0.2) is 36.0 Å². The van der Waals surface area contributed by atoms with Crippen molar-refractivity contribution < 1.29 is 9.53 Å². The van der Waals surface area contributed by atoms with E-state index >= 15 is 0 Å². The third-order valence-electron chi connectivity index (χ3n) is 4.93. The van der Waals surface area contributed by atoms with Crippen molar-refractivity contribution >= 4 is 38.8 Å². The average molecular weight is 382 g/mol. The Morgan fingerprint density at radius 1 is 1.41 bits per heavy atom. The number of carbonyl (C=O) groups is 1. The highest BCUT2D eigenvalue weighted by atomic mass is 32.1. The smallest absolute Gasteiger partial charge is 0.267 e. The van der Waals surface area contributed by atoms with Crippen molar-refractivity contribution in [3.8, 4) is 5.75 Å². The third kappa shape index (κ3) is 3.36. The number of benzene rings is 1. The van der Waals surface area contributed by atoms with Gasteiger partial charge in [0.25, 0.3) is 5.91 Å². The number of methoxy groups -OCH3 is 1. The Labute approximate surface area is 162 Å². The number of ether oxygens (including phenoxy) is 1. The van der Waals surface area contributed by atoms with E-state index in [0.29, 0.717) is 22.0 Å². The fraction of sp³-hybridized carbons (Fsp3) is 0.300. The van der Waals surface area contributed by atoms with Crippen LogP contribution >= 0.6 is 11.3 Å². The number of hydrogen-bond donors (Lipinski definition) is 2. The number of nitrogen functional groups attached to an aromatic ring is 1. The van der Waals surface area contributed by atoms with Crippen LogP contribution < -0.4 is 15.8 Å². The Bertz CT molecular complexity index is 1010. The molecule has 3 aromatic rings. The molecule has 1 aromatic carbocycles. The minimum Gasteiger partial charge on any atom is -0.497 e. The molecule has 0 spiro atoms. The maximum atomic E-state index is 12.8. The molecule has 3 N–H and O–H groups in total. The van der Waals surface area contributed by atoms with E-state index in [-0.39, 0.29) is 5.91 Å². The van der Waals surface area contributed by atoms with E-state index < -0.39 is 0 Å². The number of rotatable bonds is 4. The second-order valence-corrected chi connectivity index (χ2v) is 7.60. The van der Waals surface area contributed by atoms with Gasteiger partial charge < -0.3 is 15.8 Å². The van der Waals surface area contributed by atoms with Crippen LogP contribution in [0, 0.1) is 0 Å². The average Bonchev–Trinajstić information content (AvgIpc) is 3.01. The van der Waals surface area contributed by atoms with Crippen LogP contribution in [0.15, 0.2) is 30.3 Å². The van der Waals surface area contributed by atoms with Gasteiger partial charge in [-0.05, 0) is 30.3 Å². The van der Waals surface area contributed by atoms with E-state index in [4.69, 9.17) is 15.5 Å².